The molecule has 18 heavy (non-hydrogen) atoms. The Morgan fingerprint density at radius 3 is 2.44 bits per heavy atom. The molecular formula is C14H21Cl2NS. The molecule has 0 aliphatic carbocycles. The van der Waals surface area contributed by atoms with Crippen LogP contribution in [0.1, 0.15) is 33.1 Å². The Morgan fingerprint density at radius 2 is 1.94 bits per heavy atom. The smallest absolute Gasteiger partial charge is 0.0603 e. The van der Waals surface area contributed by atoms with E-state index in [4.69, 9.17) is 23.2 Å². The van der Waals surface area contributed by atoms with Gasteiger partial charge in [0.05, 0.1) is 10.0 Å². The third-order valence-electron chi connectivity index (χ3n) is 3.00. The summed E-state index contributed by atoms with van der Waals surface area (Å²) in [6, 6.07) is 6.41. The zero-order valence-electron chi connectivity index (χ0n) is 11.2. The molecule has 2 unspecified atom stereocenters. The van der Waals surface area contributed by atoms with Gasteiger partial charge >= 0.3 is 0 Å². The Morgan fingerprint density at radius 1 is 1.22 bits per heavy atom. The molecule has 1 aromatic carbocycles. The van der Waals surface area contributed by atoms with Gasteiger partial charge in [-0.3, -0.25) is 0 Å². The van der Waals surface area contributed by atoms with Gasteiger partial charge in [0.25, 0.3) is 0 Å². The van der Waals surface area contributed by atoms with Crippen molar-refractivity contribution < 1.29 is 0 Å². The van der Waals surface area contributed by atoms with Crippen molar-refractivity contribution in [2.45, 2.75) is 49.3 Å². The predicted octanol–water partition coefficient (Wildman–Crippen LogP) is 5.25. The lowest BCUT2D eigenvalue weighted by Crippen LogP contribution is -2.35. The molecule has 1 nitrogen and oxygen atoms in total. The molecule has 0 saturated heterocycles. The molecule has 102 valence electrons. The monoisotopic (exact) mass is 305 g/mol. The highest BCUT2D eigenvalue weighted by molar-refractivity contribution is 8.00. The maximum Gasteiger partial charge on any atom is 0.0603 e. The SMILES string of the molecule is CCCC(NC)C(CC)Sc1ccc(Cl)c(Cl)c1. The number of hydrogen-bond donors (Lipinski definition) is 1. The molecule has 0 heterocycles. The van der Waals surface area contributed by atoms with E-state index in [2.05, 4.69) is 19.2 Å². The van der Waals surface area contributed by atoms with Gasteiger partial charge in [0.15, 0.2) is 0 Å². The van der Waals surface area contributed by atoms with Gasteiger partial charge in [-0.05, 0) is 38.1 Å². The number of nitrogens with one attached hydrogen (secondary N) is 1. The standard InChI is InChI=1S/C14H21Cl2NS/c1-4-6-13(17-3)14(5-2)18-10-7-8-11(15)12(16)9-10/h7-9,13-14,17H,4-6H2,1-3H3. The van der Waals surface area contributed by atoms with Crippen molar-refractivity contribution in [3.8, 4) is 0 Å². The molecule has 0 saturated carbocycles. The fourth-order valence-electron chi connectivity index (χ4n) is 2.00. The lowest BCUT2D eigenvalue weighted by Gasteiger charge is -2.25. The second-order valence-electron chi connectivity index (χ2n) is 4.32. The molecule has 1 rings (SSSR count). The van der Waals surface area contributed by atoms with Crippen molar-refractivity contribution in [3.63, 3.8) is 0 Å². The van der Waals surface area contributed by atoms with Gasteiger partial charge in [0.1, 0.15) is 0 Å². The summed E-state index contributed by atoms with van der Waals surface area (Å²) >= 11 is 13.9. The van der Waals surface area contributed by atoms with Crippen LogP contribution in [0.15, 0.2) is 23.1 Å². The van der Waals surface area contributed by atoms with Crippen molar-refractivity contribution in [2.24, 2.45) is 0 Å². The molecule has 0 radical (unpaired) electrons. The molecule has 0 amide bonds. The van der Waals surface area contributed by atoms with Crippen LogP contribution in [0.25, 0.3) is 0 Å². The van der Waals surface area contributed by atoms with Gasteiger partial charge in [-0.15, -0.1) is 11.8 Å². The third-order valence-corrected chi connectivity index (χ3v) is 5.23. The first-order valence-corrected chi connectivity index (χ1v) is 8.04. The number of thioether (sulfide) groups is 1. The molecule has 1 aromatic rings. The van der Waals surface area contributed by atoms with Crippen LogP contribution in [0.3, 0.4) is 0 Å². The minimum Gasteiger partial charge on any atom is -0.316 e. The first-order chi connectivity index (χ1) is 8.62. The largest absolute Gasteiger partial charge is 0.316 e. The Balaban J connectivity index is 2.74. The second kappa shape index (κ2) is 8.31. The lowest BCUT2D eigenvalue weighted by molar-refractivity contribution is 0.490. The molecule has 2 atom stereocenters. The van der Waals surface area contributed by atoms with E-state index in [1.54, 1.807) is 0 Å². The Labute approximate surface area is 125 Å². The van der Waals surface area contributed by atoms with E-state index in [1.807, 2.05) is 37.0 Å². The van der Waals surface area contributed by atoms with Crippen LogP contribution in [-0.4, -0.2) is 18.3 Å². The molecule has 1 N–H and O–H groups in total. The molecule has 0 aliphatic rings. The Hall–Kier alpha value is 0.110. The minimum absolute atomic E-state index is 0.541. The van der Waals surface area contributed by atoms with Gasteiger partial charge < -0.3 is 5.32 Å². The summed E-state index contributed by atoms with van der Waals surface area (Å²) in [6.45, 7) is 4.45. The number of halogens is 2. The van der Waals surface area contributed by atoms with Crippen molar-refractivity contribution in [2.75, 3.05) is 7.05 Å². The first-order valence-electron chi connectivity index (χ1n) is 6.41. The Bertz CT molecular complexity index is 371. The highest BCUT2D eigenvalue weighted by atomic mass is 35.5. The van der Waals surface area contributed by atoms with Crippen LogP contribution < -0.4 is 5.32 Å². The average molecular weight is 306 g/mol. The summed E-state index contributed by atoms with van der Waals surface area (Å²) in [6.07, 6.45) is 3.53. The van der Waals surface area contributed by atoms with Gasteiger partial charge in [0, 0.05) is 16.2 Å². The van der Waals surface area contributed by atoms with Crippen LogP contribution in [0.2, 0.25) is 10.0 Å². The molecule has 0 fully saturated rings. The molecule has 4 heteroatoms. The maximum atomic E-state index is 6.05. The van der Waals surface area contributed by atoms with Crippen molar-refractivity contribution in [1.82, 2.24) is 5.32 Å². The van der Waals surface area contributed by atoms with Crippen LogP contribution in [-0.2, 0) is 0 Å². The number of hydrogen-bond acceptors (Lipinski definition) is 2. The van der Waals surface area contributed by atoms with Crippen molar-refractivity contribution in [3.05, 3.63) is 28.2 Å². The number of rotatable bonds is 7. The summed E-state index contributed by atoms with van der Waals surface area (Å²) in [4.78, 5) is 1.19. The lowest BCUT2D eigenvalue weighted by atomic mass is 10.1. The summed E-state index contributed by atoms with van der Waals surface area (Å²) in [5, 5.41) is 5.23. The third kappa shape index (κ3) is 4.65. The molecule has 0 aliphatic heterocycles. The average Bonchev–Trinajstić information content (AvgIpc) is 2.37. The maximum absolute atomic E-state index is 6.05. The summed E-state index contributed by atoms with van der Waals surface area (Å²) in [5.41, 5.74) is 0. The highest BCUT2D eigenvalue weighted by Crippen LogP contribution is 2.33. The van der Waals surface area contributed by atoms with E-state index < -0.39 is 0 Å². The van der Waals surface area contributed by atoms with Crippen molar-refractivity contribution >= 4 is 35.0 Å². The first kappa shape index (κ1) is 16.2. The van der Waals surface area contributed by atoms with Crippen LogP contribution in [0.4, 0.5) is 0 Å². The summed E-state index contributed by atoms with van der Waals surface area (Å²) in [5.74, 6) is 0. The molecule has 0 aromatic heterocycles. The van der Waals surface area contributed by atoms with E-state index >= 15 is 0 Å². The van der Waals surface area contributed by atoms with Crippen LogP contribution >= 0.6 is 35.0 Å². The van der Waals surface area contributed by atoms with Crippen molar-refractivity contribution in [1.29, 1.82) is 0 Å². The van der Waals surface area contributed by atoms with Crippen LogP contribution in [0, 0.1) is 0 Å². The zero-order chi connectivity index (χ0) is 13.5. The van der Waals surface area contributed by atoms with Gasteiger partial charge in [-0.25, -0.2) is 0 Å². The second-order valence-corrected chi connectivity index (χ2v) is 6.45. The molecule has 0 spiro atoms. The van der Waals surface area contributed by atoms with Gasteiger partial charge in [0.2, 0.25) is 0 Å². The number of benzene rings is 1. The molecular weight excluding hydrogens is 285 g/mol. The van der Waals surface area contributed by atoms with Gasteiger partial charge in [-0.2, -0.15) is 0 Å². The fourth-order valence-corrected chi connectivity index (χ4v) is 3.65. The fraction of sp³-hybridized carbons (Fsp3) is 0.571. The van der Waals surface area contributed by atoms with Gasteiger partial charge in [-0.1, -0.05) is 43.5 Å². The van der Waals surface area contributed by atoms with E-state index in [-0.39, 0.29) is 0 Å². The topological polar surface area (TPSA) is 12.0 Å². The van der Waals surface area contributed by atoms with E-state index in [0.717, 1.165) is 6.42 Å². The van der Waals surface area contributed by atoms with Crippen LogP contribution in [0.5, 0.6) is 0 Å². The normalized spacial score (nSPS) is 14.5. The Kier molecular flexibility index (Phi) is 7.47. The molecule has 0 bridgehead atoms. The highest BCUT2D eigenvalue weighted by Gasteiger charge is 2.19. The zero-order valence-corrected chi connectivity index (χ0v) is 13.5. The van der Waals surface area contributed by atoms with E-state index in [0.29, 0.717) is 21.3 Å². The predicted molar refractivity (Wildman–Crippen MR) is 84.2 cm³/mol. The van der Waals surface area contributed by atoms with E-state index in [9.17, 15) is 0 Å². The van der Waals surface area contributed by atoms with E-state index in [1.165, 1.54) is 17.7 Å². The quantitative estimate of drug-likeness (QED) is 0.690. The summed E-state index contributed by atoms with van der Waals surface area (Å²) in [7, 11) is 2.04. The summed E-state index contributed by atoms with van der Waals surface area (Å²) < 4.78 is 0. The minimum atomic E-state index is 0.541.